The van der Waals surface area contributed by atoms with Gasteiger partial charge in [-0.05, 0) is 22.6 Å². The second kappa shape index (κ2) is 4.15. The maximum Gasteiger partial charge on any atom is 0.390 e. The number of rotatable bonds is 3. The maximum absolute atomic E-state index is 12.1. The molecule has 0 aliphatic carbocycles. The number of anilines is 1. The minimum atomic E-state index is -4.17. The average molecular weight is 246 g/mol. The summed E-state index contributed by atoms with van der Waals surface area (Å²) in [5, 5.41) is 14.6. The molecular formula is C8H9F3N6. The van der Waals surface area contributed by atoms with Crippen LogP contribution in [0.2, 0.25) is 0 Å². The highest BCUT2D eigenvalue weighted by Crippen LogP contribution is 2.20. The maximum atomic E-state index is 12.1. The van der Waals surface area contributed by atoms with Crippen molar-refractivity contribution in [3.05, 3.63) is 12.1 Å². The van der Waals surface area contributed by atoms with Gasteiger partial charge in [-0.1, -0.05) is 0 Å². The van der Waals surface area contributed by atoms with Crippen molar-refractivity contribution in [2.75, 3.05) is 18.5 Å². The van der Waals surface area contributed by atoms with Crippen molar-refractivity contribution in [1.82, 2.24) is 25.3 Å². The molecule has 0 aliphatic heterocycles. The number of hydrogen-bond acceptors (Lipinski definition) is 5. The first-order valence-corrected chi connectivity index (χ1v) is 4.79. The molecule has 2 aromatic heterocycles. The predicted octanol–water partition coefficient (Wildman–Crippen LogP) is 0.908. The Hall–Kier alpha value is -1.93. The van der Waals surface area contributed by atoms with Crippen LogP contribution in [-0.4, -0.2) is 45.0 Å². The monoisotopic (exact) mass is 246 g/mol. The van der Waals surface area contributed by atoms with Crippen molar-refractivity contribution in [3.8, 4) is 0 Å². The second-order valence-electron chi connectivity index (χ2n) is 3.50. The van der Waals surface area contributed by atoms with Crippen LogP contribution in [0.1, 0.15) is 6.42 Å². The molecule has 0 amide bonds. The zero-order valence-corrected chi connectivity index (χ0v) is 8.89. The summed E-state index contributed by atoms with van der Waals surface area (Å²) in [5.74, 6) is 0.383. The first kappa shape index (κ1) is 11.6. The summed E-state index contributed by atoms with van der Waals surface area (Å²) >= 11 is 0. The van der Waals surface area contributed by atoms with E-state index in [1.165, 1.54) is 16.6 Å². The van der Waals surface area contributed by atoms with Gasteiger partial charge in [-0.15, -0.1) is 14.8 Å². The summed E-state index contributed by atoms with van der Waals surface area (Å²) in [5.41, 5.74) is 0.443. The van der Waals surface area contributed by atoms with E-state index in [-0.39, 0.29) is 6.54 Å². The molecule has 0 fully saturated rings. The fourth-order valence-electron chi connectivity index (χ4n) is 1.25. The van der Waals surface area contributed by atoms with Gasteiger partial charge < -0.3 is 4.90 Å². The number of halogens is 3. The van der Waals surface area contributed by atoms with E-state index in [2.05, 4.69) is 20.6 Å². The summed E-state index contributed by atoms with van der Waals surface area (Å²) in [6, 6.07) is 3.16. The van der Waals surface area contributed by atoms with Crippen molar-refractivity contribution in [2.24, 2.45) is 0 Å². The molecule has 0 aliphatic rings. The molecule has 0 N–H and O–H groups in total. The number of tetrazole rings is 1. The highest BCUT2D eigenvalue weighted by Gasteiger charge is 2.27. The number of aromatic nitrogens is 5. The molecule has 92 valence electrons. The lowest BCUT2D eigenvalue weighted by Gasteiger charge is -2.18. The number of hydrogen-bond donors (Lipinski definition) is 0. The lowest BCUT2D eigenvalue weighted by Crippen LogP contribution is -2.25. The zero-order valence-electron chi connectivity index (χ0n) is 8.89. The molecule has 6 nitrogen and oxygen atoms in total. The van der Waals surface area contributed by atoms with Gasteiger partial charge >= 0.3 is 6.18 Å². The van der Waals surface area contributed by atoms with Crippen molar-refractivity contribution in [2.45, 2.75) is 12.6 Å². The van der Waals surface area contributed by atoms with Crippen molar-refractivity contribution in [3.63, 3.8) is 0 Å². The van der Waals surface area contributed by atoms with Crippen LogP contribution < -0.4 is 4.90 Å². The zero-order chi connectivity index (χ0) is 12.5. The van der Waals surface area contributed by atoms with Crippen molar-refractivity contribution in [1.29, 1.82) is 0 Å². The van der Waals surface area contributed by atoms with Gasteiger partial charge in [0.05, 0.1) is 6.42 Å². The highest BCUT2D eigenvalue weighted by atomic mass is 19.4. The molecular weight excluding hydrogens is 237 g/mol. The Morgan fingerprint density at radius 3 is 2.82 bits per heavy atom. The smallest absolute Gasteiger partial charge is 0.358 e. The molecule has 2 heterocycles. The van der Waals surface area contributed by atoms with Gasteiger partial charge in [0, 0.05) is 13.6 Å². The van der Waals surface area contributed by atoms with E-state index in [1.807, 2.05) is 0 Å². The molecule has 2 aromatic rings. The Labute approximate surface area is 94.0 Å². The quantitative estimate of drug-likeness (QED) is 0.805. The van der Waals surface area contributed by atoms with Crippen LogP contribution in [-0.2, 0) is 0 Å². The minimum absolute atomic E-state index is 0.163. The van der Waals surface area contributed by atoms with Crippen molar-refractivity contribution >= 4 is 11.5 Å². The third-order valence-electron chi connectivity index (χ3n) is 2.18. The van der Waals surface area contributed by atoms with Crippen LogP contribution in [0.4, 0.5) is 19.0 Å². The Morgan fingerprint density at radius 1 is 1.35 bits per heavy atom. The molecule has 0 saturated heterocycles. The van der Waals surface area contributed by atoms with Gasteiger partial charge in [0.25, 0.3) is 0 Å². The van der Waals surface area contributed by atoms with Crippen LogP contribution in [0.5, 0.6) is 0 Å². The lowest BCUT2D eigenvalue weighted by atomic mass is 10.4. The topological polar surface area (TPSA) is 59.2 Å². The van der Waals surface area contributed by atoms with Gasteiger partial charge in [0.2, 0.25) is 0 Å². The van der Waals surface area contributed by atoms with E-state index in [1.54, 1.807) is 12.1 Å². The Bertz CT molecular complexity index is 507. The summed E-state index contributed by atoms with van der Waals surface area (Å²) in [6.07, 6.45) is -5.06. The van der Waals surface area contributed by atoms with Gasteiger partial charge in [-0.3, -0.25) is 0 Å². The lowest BCUT2D eigenvalue weighted by molar-refractivity contribution is -0.132. The van der Waals surface area contributed by atoms with Gasteiger partial charge in [0.15, 0.2) is 11.5 Å². The number of fused-ring (bicyclic) bond motifs is 1. The number of nitrogens with zero attached hydrogens (tertiary/aromatic N) is 6. The van der Waals surface area contributed by atoms with Crippen LogP contribution in [0, 0.1) is 0 Å². The Balaban J connectivity index is 2.10. The summed E-state index contributed by atoms with van der Waals surface area (Å²) < 4.78 is 37.3. The predicted molar refractivity (Wildman–Crippen MR) is 52.5 cm³/mol. The highest BCUT2D eigenvalue weighted by molar-refractivity contribution is 5.43. The van der Waals surface area contributed by atoms with Crippen molar-refractivity contribution < 1.29 is 13.2 Å². The molecule has 17 heavy (non-hydrogen) atoms. The summed E-state index contributed by atoms with van der Waals surface area (Å²) in [4.78, 5) is 1.40. The second-order valence-corrected chi connectivity index (χ2v) is 3.50. The molecule has 0 radical (unpaired) electrons. The minimum Gasteiger partial charge on any atom is -0.358 e. The van der Waals surface area contributed by atoms with E-state index in [9.17, 15) is 13.2 Å². The first-order valence-electron chi connectivity index (χ1n) is 4.79. The molecule has 2 rings (SSSR count). The molecule has 0 spiro atoms. The molecule has 0 saturated carbocycles. The third kappa shape index (κ3) is 2.80. The first-order chi connectivity index (χ1) is 7.96. The van der Waals surface area contributed by atoms with Crippen LogP contribution in [0.3, 0.4) is 0 Å². The fraction of sp³-hybridized carbons (Fsp3) is 0.500. The van der Waals surface area contributed by atoms with Crippen LogP contribution >= 0.6 is 0 Å². The molecule has 0 aromatic carbocycles. The molecule has 0 bridgehead atoms. The Morgan fingerprint density at radius 2 is 2.12 bits per heavy atom. The SMILES string of the molecule is CN(CCC(F)(F)F)c1ccc2nnnn2n1. The molecule has 0 atom stereocenters. The summed E-state index contributed by atoms with van der Waals surface area (Å²) in [6.45, 7) is -0.163. The van der Waals surface area contributed by atoms with E-state index in [4.69, 9.17) is 0 Å². The van der Waals surface area contributed by atoms with E-state index in [0.717, 1.165) is 0 Å². The fourth-order valence-corrected chi connectivity index (χ4v) is 1.25. The van der Waals surface area contributed by atoms with Crippen LogP contribution in [0.15, 0.2) is 12.1 Å². The molecule has 0 unspecified atom stereocenters. The molecule has 9 heteroatoms. The van der Waals surface area contributed by atoms with E-state index in [0.29, 0.717) is 11.5 Å². The third-order valence-corrected chi connectivity index (χ3v) is 2.18. The van der Waals surface area contributed by atoms with Crippen LogP contribution in [0.25, 0.3) is 5.65 Å². The summed E-state index contributed by atoms with van der Waals surface area (Å²) in [7, 11) is 1.53. The van der Waals surface area contributed by atoms with E-state index < -0.39 is 12.6 Å². The van der Waals surface area contributed by atoms with E-state index >= 15 is 0 Å². The Kier molecular flexibility index (Phi) is 2.82. The van der Waals surface area contributed by atoms with Gasteiger partial charge in [0.1, 0.15) is 0 Å². The number of alkyl halides is 3. The average Bonchev–Trinajstić information content (AvgIpc) is 2.71. The normalized spacial score (nSPS) is 12.0. The van der Waals surface area contributed by atoms with Gasteiger partial charge in [-0.25, -0.2) is 0 Å². The standard InChI is InChI=1S/C8H9F3N6/c1-16(5-4-8(9,10)11)7-3-2-6-12-14-15-17(6)13-7/h2-3H,4-5H2,1H3. The largest absolute Gasteiger partial charge is 0.390 e. The van der Waals surface area contributed by atoms with Gasteiger partial charge in [-0.2, -0.15) is 13.2 Å².